The van der Waals surface area contributed by atoms with Crippen LogP contribution >= 0.6 is 15.9 Å². The van der Waals surface area contributed by atoms with Crippen LogP contribution < -0.4 is 5.32 Å². The van der Waals surface area contributed by atoms with Crippen LogP contribution in [0.5, 0.6) is 0 Å². The number of rotatable bonds is 2. The lowest BCUT2D eigenvalue weighted by molar-refractivity contribution is 0.0935. The SMILES string of the molecule is Cc1c(Br)cccc1C(=O)NC1(C)CC1. The van der Waals surface area contributed by atoms with Crippen LogP contribution in [-0.2, 0) is 0 Å². The van der Waals surface area contributed by atoms with Gasteiger partial charge in [-0.05, 0) is 44.4 Å². The summed E-state index contributed by atoms with van der Waals surface area (Å²) in [6.45, 7) is 4.03. The smallest absolute Gasteiger partial charge is 0.252 e. The lowest BCUT2D eigenvalue weighted by atomic mass is 10.1. The molecular weight excluding hydrogens is 254 g/mol. The average Bonchev–Trinajstić information content (AvgIpc) is 2.88. The van der Waals surface area contributed by atoms with Crippen molar-refractivity contribution in [3.63, 3.8) is 0 Å². The zero-order chi connectivity index (χ0) is 11.1. The minimum atomic E-state index is 0.0359. The van der Waals surface area contributed by atoms with E-state index in [1.54, 1.807) is 0 Å². The van der Waals surface area contributed by atoms with Crippen LogP contribution in [0.4, 0.5) is 0 Å². The van der Waals surface area contributed by atoms with Crippen molar-refractivity contribution < 1.29 is 4.79 Å². The van der Waals surface area contributed by atoms with Crippen molar-refractivity contribution in [2.45, 2.75) is 32.2 Å². The van der Waals surface area contributed by atoms with Crippen LogP contribution in [0.25, 0.3) is 0 Å². The van der Waals surface area contributed by atoms with Gasteiger partial charge in [0.15, 0.2) is 0 Å². The molecule has 0 saturated heterocycles. The van der Waals surface area contributed by atoms with E-state index in [4.69, 9.17) is 0 Å². The molecule has 0 heterocycles. The third-order valence-corrected chi connectivity index (χ3v) is 3.79. The second-order valence-corrected chi connectivity index (χ2v) is 5.28. The zero-order valence-corrected chi connectivity index (χ0v) is 10.5. The lowest BCUT2D eigenvalue weighted by Crippen LogP contribution is -2.34. The van der Waals surface area contributed by atoms with Crippen LogP contribution in [0.2, 0.25) is 0 Å². The molecule has 1 aromatic carbocycles. The summed E-state index contributed by atoms with van der Waals surface area (Å²) in [5.74, 6) is 0.0359. The first kappa shape index (κ1) is 10.7. The Balaban J connectivity index is 2.21. The second-order valence-electron chi connectivity index (χ2n) is 4.43. The monoisotopic (exact) mass is 267 g/mol. The molecule has 2 rings (SSSR count). The van der Waals surface area contributed by atoms with Crippen LogP contribution in [-0.4, -0.2) is 11.4 Å². The van der Waals surface area contributed by atoms with E-state index in [2.05, 4.69) is 28.2 Å². The molecular formula is C12H14BrNO. The number of hydrogen-bond donors (Lipinski definition) is 1. The Labute approximate surface area is 98.2 Å². The summed E-state index contributed by atoms with van der Waals surface area (Å²) in [4.78, 5) is 11.9. The first-order valence-electron chi connectivity index (χ1n) is 5.09. The molecule has 1 saturated carbocycles. The normalized spacial score (nSPS) is 17.3. The van der Waals surface area contributed by atoms with Gasteiger partial charge in [0.05, 0.1) is 0 Å². The Bertz CT molecular complexity index is 410. The lowest BCUT2D eigenvalue weighted by Gasteiger charge is -2.13. The number of nitrogens with one attached hydrogen (secondary N) is 1. The molecule has 0 bridgehead atoms. The van der Waals surface area contributed by atoms with Crippen molar-refractivity contribution in [3.8, 4) is 0 Å². The van der Waals surface area contributed by atoms with Crippen molar-refractivity contribution in [1.29, 1.82) is 0 Å². The molecule has 1 fully saturated rings. The molecule has 0 aliphatic heterocycles. The Morgan fingerprint density at radius 3 is 2.73 bits per heavy atom. The highest BCUT2D eigenvalue weighted by Gasteiger charge is 2.38. The molecule has 1 N–H and O–H groups in total. The number of carbonyl (C=O) groups excluding carboxylic acids is 1. The van der Waals surface area contributed by atoms with Crippen molar-refractivity contribution in [1.82, 2.24) is 5.32 Å². The molecule has 1 amide bonds. The summed E-state index contributed by atoms with van der Waals surface area (Å²) in [6, 6.07) is 5.70. The molecule has 2 nitrogen and oxygen atoms in total. The average molecular weight is 268 g/mol. The summed E-state index contributed by atoms with van der Waals surface area (Å²) in [6.07, 6.45) is 2.18. The van der Waals surface area contributed by atoms with E-state index >= 15 is 0 Å². The molecule has 80 valence electrons. The van der Waals surface area contributed by atoms with Gasteiger partial charge in [0.25, 0.3) is 5.91 Å². The molecule has 0 unspecified atom stereocenters. The fourth-order valence-electron chi connectivity index (χ4n) is 1.51. The van der Waals surface area contributed by atoms with Gasteiger partial charge < -0.3 is 5.32 Å². The highest BCUT2D eigenvalue weighted by Crippen LogP contribution is 2.34. The van der Waals surface area contributed by atoms with Gasteiger partial charge in [-0.1, -0.05) is 22.0 Å². The minimum absolute atomic E-state index is 0.0359. The van der Waals surface area contributed by atoms with Gasteiger partial charge in [-0.25, -0.2) is 0 Å². The number of hydrogen-bond acceptors (Lipinski definition) is 1. The maximum Gasteiger partial charge on any atom is 0.252 e. The Hall–Kier alpha value is -0.830. The standard InChI is InChI=1S/C12H14BrNO/c1-8-9(4-3-5-10(8)13)11(15)14-12(2)6-7-12/h3-5H,6-7H2,1-2H3,(H,14,15). The van der Waals surface area contributed by atoms with Gasteiger partial charge in [-0.3, -0.25) is 4.79 Å². The van der Waals surface area contributed by atoms with E-state index in [1.807, 2.05) is 25.1 Å². The Kier molecular flexibility index (Phi) is 2.59. The highest BCUT2D eigenvalue weighted by atomic mass is 79.9. The van der Waals surface area contributed by atoms with Crippen LogP contribution in [0.15, 0.2) is 22.7 Å². The van der Waals surface area contributed by atoms with E-state index in [1.165, 1.54) is 0 Å². The largest absolute Gasteiger partial charge is 0.347 e. The van der Waals surface area contributed by atoms with Crippen molar-refractivity contribution in [2.75, 3.05) is 0 Å². The summed E-state index contributed by atoms with van der Waals surface area (Å²) in [5, 5.41) is 3.05. The highest BCUT2D eigenvalue weighted by molar-refractivity contribution is 9.10. The van der Waals surface area contributed by atoms with Gasteiger partial charge in [-0.2, -0.15) is 0 Å². The van der Waals surface area contributed by atoms with E-state index in [-0.39, 0.29) is 11.4 Å². The second kappa shape index (κ2) is 3.63. The summed E-state index contributed by atoms with van der Waals surface area (Å²) in [5.41, 5.74) is 1.81. The van der Waals surface area contributed by atoms with Gasteiger partial charge in [0, 0.05) is 15.6 Å². The predicted octanol–water partition coefficient (Wildman–Crippen LogP) is 3.04. The van der Waals surface area contributed by atoms with Gasteiger partial charge in [0.1, 0.15) is 0 Å². The quantitative estimate of drug-likeness (QED) is 0.877. The molecule has 15 heavy (non-hydrogen) atoms. The van der Waals surface area contributed by atoms with E-state index in [0.717, 1.165) is 28.4 Å². The molecule has 1 aromatic rings. The maximum absolute atomic E-state index is 11.9. The number of benzene rings is 1. The maximum atomic E-state index is 11.9. The third kappa shape index (κ3) is 2.23. The number of amides is 1. The van der Waals surface area contributed by atoms with Crippen molar-refractivity contribution in [3.05, 3.63) is 33.8 Å². The Morgan fingerprint density at radius 1 is 1.47 bits per heavy atom. The van der Waals surface area contributed by atoms with Gasteiger partial charge >= 0.3 is 0 Å². The van der Waals surface area contributed by atoms with Crippen molar-refractivity contribution >= 4 is 21.8 Å². The van der Waals surface area contributed by atoms with Crippen LogP contribution in [0.1, 0.15) is 35.7 Å². The minimum Gasteiger partial charge on any atom is -0.347 e. The van der Waals surface area contributed by atoms with E-state index < -0.39 is 0 Å². The topological polar surface area (TPSA) is 29.1 Å². The van der Waals surface area contributed by atoms with Crippen LogP contribution in [0, 0.1) is 6.92 Å². The zero-order valence-electron chi connectivity index (χ0n) is 8.93. The molecule has 0 atom stereocenters. The fourth-order valence-corrected chi connectivity index (χ4v) is 1.87. The molecule has 0 aromatic heterocycles. The van der Waals surface area contributed by atoms with E-state index in [0.29, 0.717) is 0 Å². The number of halogens is 1. The molecule has 0 spiro atoms. The fraction of sp³-hybridized carbons (Fsp3) is 0.417. The summed E-state index contributed by atoms with van der Waals surface area (Å²) >= 11 is 3.43. The molecule has 0 radical (unpaired) electrons. The third-order valence-electron chi connectivity index (χ3n) is 2.93. The van der Waals surface area contributed by atoms with Crippen LogP contribution in [0.3, 0.4) is 0 Å². The summed E-state index contributed by atoms with van der Waals surface area (Å²) < 4.78 is 0.983. The van der Waals surface area contributed by atoms with E-state index in [9.17, 15) is 4.79 Å². The molecule has 1 aliphatic rings. The van der Waals surface area contributed by atoms with Gasteiger partial charge in [0.2, 0.25) is 0 Å². The summed E-state index contributed by atoms with van der Waals surface area (Å²) in [7, 11) is 0. The molecule has 1 aliphatic carbocycles. The van der Waals surface area contributed by atoms with Crippen molar-refractivity contribution in [2.24, 2.45) is 0 Å². The first-order chi connectivity index (χ1) is 7.02. The van der Waals surface area contributed by atoms with Gasteiger partial charge in [-0.15, -0.1) is 0 Å². The first-order valence-corrected chi connectivity index (χ1v) is 5.89. The number of carbonyl (C=O) groups is 1. The Morgan fingerprint density at radius 2 is 2.13 bits per heavy atom. The molecule has 3 heteroatoms. The predicted molar refractivity (Wildman–Crippen MR) is 64.0 cm³/mol.